The smallest absolute Gasteiger partial charge is 0.242 e. The summed E-state index contributed by atoms with van der Waals surface area (Å²) in [6.07, 6.45) is 2.72. The molecule has 2 unspecified atom stereocenters. The summed E-state index contributed by atoms with van der Waals surface area (Å²) in [5, 5.41) is -0.244. The van der Waals surface area contributed by atoms with E-state index in [0.29, 0.717) is 0 Å². The molecule has 0 aliphatic carbocycles. The SMILES string of the molecule is CC(CNS(=O)(=O)c1ccc(N)nc1)S(C)=O. The van der Waals surface area contributed by atoms with Crippen molar-refractivity contribution in [2.24, 2.45) is 0 Å². The molecule has 1 aromatic heterocycles. The van der Waals surface area contributed by atoms with Crippen LogP contribution in [0.4, 0.5) is 5.82 Å². The van der Waals surface area contributed by atoms with Crippen LogP contribution in [-0.2, 0) is 20.8 Å². The van der Waals surface area contributed by atoms with Crippen molar-refractivity contribution in [1.82, 2.24) is 9.71 Å². The monoisotopic (exact) mass is 277 g/mol. The number of nitrogens with zero attached hydrogens (tertiary/aromatic N) is 1. The molecule has 1 aromatic rings. The Kier molecular flexibility index (Phi) is 4.61. The Morgan fingerprint density at radius 1 is 1.53 bits per heavy atom. The van der Waals surface area contributed by atoms with E-state index in [2.05, 4.69) is 9.71 Å². The van der Waals surface area contributed by atoms with Gasteiger partial charge in [0.2, 0.25) is 10.0 Å². The van der Waals surface area contributed by atoms with Gasteiger partial charge in [-0.2, -0.15) is 0 Å². The molecular formula is C9H15N3O3S2. The van der Waals surface area contributed by atoms with E-state index in [-0.39, 0.29) is 22.5 Å². The summed E-state index contributed by atoms with van der Waals surface area (Å²) in [4.78, 5) is 3.75. The van der Waals surface area contributed by atoms with Crippen molar-refractivity contribution in [3.63, 3.8) is 0 Å². The number of nitrogens with two attached hydrogens (primary N) is 1. The van der Waals surface area contributed by atoms with E-state index in [1.54, 1.807) is 6.92 Å². The maximum absolute atomic E-state index is 11.8. The lowest BCUT2D eigenvalue weighted by atomic mass is 10.5. The van der Waals surface area contributed by atoms with Crippen LogP contribution < -0.4 is 10.5 Å². The lowest BCUT2D eigenvalue weighted by Gasteiger charge is -2.10. The molecule has 0 aliphatic rings. The van der Waals surface area contributed by atoms with Gasteiger partial charge in [-0.25, -0.2) is 18.1 Å². The third-order valence-electron chi connectivity index (χ3n) is 2.20. The molecule has 96 valence electrons. The first-order chi connectivity index (χ1) is 7.83. The molecule has 0 saturated carbocycles. The van der Waals surface area contributed by atoms with Crippen LogP contribution in [0.25, 0.3) is 0 Å². The number of sulfonamides is 1. The Morgan fingerprint density at radius 2 is 2.18 bits per heavy atom. The van der Waals surface area contributed by atoms with Crippen molar-refractivity contribution in [3.8, 4) is 0 Å². The molecule has 17 heavy (non-hydrogen) atoms. The molecule has 0 bridgehead atoms. The fourth-order valence-corrected chi connectivity index (χ4v) is 2.48. The average Bonchev–Trinajstić information content (AvgIpc) is 2.26. The van der Waals surface area contributed by atoms with Crippen molar-refractivity contribution in [1.29, 1.82) is 0 Å². The van der Waals surface area contributed by atoms with Gasteiger partial charge in [0.1, 0.15) is 10.7 Å². The Labute approximate surface area is 103 Å². The fraction of sp³-hybridized carbons (Fsp3) is 0.444. The normalized spacial score (nSPS) is 15.4. The van der Waals surface area contributed by atoms with Gasteiger partial charge in [0, 0.05) is 35.0 Å². The highest BCUT2D eigenvalue weighted by molar-refractivity contribution is 7.89. The second kappa shape index (κ2) is 5.56. The molecule has 0 radical (unpaired) electrons. The van der Waals surface area contributed by atoms with Crippen LogP contribution in [0.15, 0.2) is 23.2 Å². The van der Waals surface area contributed by atoms with Gasteiger partial charge in [-0.3, -0.25) is 4.21 Å². The van der Waals surface area contributed by atoms with Crippen molar-refractivity contribution in [2.45, 2.75) is 17.1 Å². The predicted octanol–water partition coefficient (Wildman–Crippen LogP) is -0.291. The molecule has 0 spiro atoms. The summed E-state index contributed by atoms with van der Waals surface area (Å²) >= 11 is 0. The van der Waals surface area contributed by atoms with E-state index in [1.165, 1.54) is 24.6 Å². The summed E-state index contributed by atoms with van der Waals surface area (Å²) in [6, 6.07) is 2.79. The van der Waals surface area contributed by atoms with Gasteiger partial charge in [0.15, 0.2) is 0 Å². The van der Waals surface area contributed by atoms with Crippen molar-refractivity contribution < 1.29 is 12.6 Å². The molecule has 0 aliphatic heterocycles. The summed E-state index contributed by atoms with van der Waals surface area (Å²) in [7, 11) is -4.68. The molecule has 1 heterocycles. The first-order valence-corrected chi connectivity index (χ1v) is 7.97. The van der Waals surface area contributed by atoms with Crippen LogP contribution >= 0.6 is 0 Å². The third-order valence-corrected chi connectivity index (χ3v) is 4.91. The number of nitrogens with one attached hydrogen (secondary N) is 1. The van der Waals surface area contributed by atoms with Gasteiger partial charge >= 0.3 is 0 Å². The Hall–Kier alpha value is -0.990. The molecule has 2 atom stereocenters. The highest BCUT2D eigenvalue weighted by Crippen LogP contribution is 2.08. The average molecular weight is 277 g/mol. The minimum Gasteiger partial charge on any atom is -0.384 e. The predicted molar refractivity (Wildman–Crippen MR) is 67.4 cm³/mol. The number of hydrogen-bond donors (Lipinski definition) is 2. The standard InChI is InChI=1S/C9H15N3O3S2/c1-7(16(2)13)5-12-17(14,15)8-3-4-9(10)11-6-8/h3-4,6-7,12H,5H2,1-2H3,(H2,10,11). The summed E-state index contributed by atoms with van der Waals surface area (Å²) in [5.41, 5.74) is 5.37. The van der Waals surface area contributed by atoms with Crippen molar-refractivity contribution in [2.75, 3.05) is 18.5 Å². The van der Waals surface area contributed by atoms with E-state index in [1.807, 2.05) is 0 Å². The Balaban J connectivity index is 2.76. The van der Waals surface area contributed by atoms with Gasteiger partial charge in [-0.15, -0.1) is 0 Å². The first kappa shape index (κ1) is 14.1. The molecule has 0 fully saturated rings. The number of anilines is 1. The highest BCUT2D eigenvalue weighted by atomic mass is 32.2. The van der Waals surface area contributed by atoms with Crippen molar-refractivity contribution in [3.05, 3.63) is 18.3 Å². The second-order valence-corrected chi connectivity index (χ2v) is 7.15. The zero-order chi connectivity index (χ0) is 13.1. The minimum absolute atomic E-state index is 0.0424. The Bertz CT molecular complexity index is 499. The van der Waals surface area contributed by atoms with Gasteiger partial charge < -0.3 is 5.73 Å². The maximum Gasteiger partial charge on any atom is 0.242 e. The van der Waals surface area contributed by atoms with Crippen LogP contribution in [0.1, 0.15) is 6.92 Å². The number of pyridine rings is 1. The summed E-state index contributed by atoms with van der Waals surface area (Å²) in [5.74, 6) is 0.256. The largest absolute Gasteiger partial charge is 0.384 e. The van der Waals surface area contributed by atoms with Gasteiger partial charge in [0.05, 0.1) is 0 Å². The molecule has 8 heteroatoms. The molecule has 6 nitrogen and oxygen atoms in total. The van der Waals surface area contributed by atoms with Crippen LogP contribution in [-0.4, -0.2) is 35.7 Å². The number of nitrogen functional groups attached to an aromatic ring is 1. The maximum atomic E-state index is 11.8. The zero-order valence-electron chi connectivity index (χ0n) is 9.58. The van der Waals surface area contributed by atoms with Crippen LogP contribution in [0, 0.1) is 0 Å². The quantitative estimate of drug-likeness (QED) is 0.770. The third kappa shape index (κ3) is 4.06. The molecular weight excluding hydrogens is 262 g/mol. The first-order valence-electron chi connectivity index (χ1n) is 4.86. The molecule has 3 N–H and O–H groups in total. The second-order valence-electron chi connectivity index (χ2n) is 3.58. The topological polar surface area (TPSA) is 102 Å². The van der Waals surface area contributed by atoms with Crippen molar-refractivity contribution >= 4 is 26.6 Å². The van der Waals surface area contributed by atoms with Gasteiger partial charge in [-0.1, -0.05) is 0 Å². The van der Waals surface area contributed by atoms with Crippen LogP contribution in [0.3, 0.4) is 0 Å². The lowest BCUT2D eigenvalue weighted by molar-refractivity contribution is 0.580. The zero-order valence-corrected chi connectivity index (χ0v) is 11.2. The van der Waals surface area contributed by atoms with Gasteiger partial charge in [0.25, 0.3) is 0 Å². The fourth-order valence-electron chi connectivity index (χ4n) is 0.978. The Morgan fingerprint density at radius 3 is 2.65 bits per heavy atom. The molecule has 0 aromatic carbocycles. The number of aromatic nitrogens is 1. The number of hydrogen-bond acceptors (Lipinski definition) is 5. The lowest BCUT2D eigenvalue weighted by Crippen LogP contribution is -2.32. The van der Waals surface area contributed by atoms with Crippen LogP contribution in [0.5, 0.6) is 0 Å². The molecule has 1 rings (SSSR count). The van der Waals surface area contributed by atoms with E-state index in [4.69, 9.17) is 5.73 Å². The van der Waals surface area contributed by atoms with Gasteiger partial charge in [-0.05, 0) is 19.1 Å². The molecule has 0 amide bonds. The summed E-state index contributed by atoms with van der Waals surface area (Å²) < 4.78 is 37.0. The van der Waals surface area contributed by atoms with E-state index in [0.717, 1.165) is 0 Å². The molecule has 0 saturated heterocycles. The van der Waals surface area contributed by atoms with E-state index in [9.17, 15) is 12.6 Å². The minimum atomic E-state index is -3.61. The number of rotatable bonds is 5. The van der Waals surface area contributed by atoms with Crippen LogP contribution in [0.2, 0.25) is 0 Å². The summed E-state index contributed by atoms with van der Waals surface area (Å²) in [6.45, 7) is 1.83. The van der Waals surface area contributed by atoms with E-state index < -0.39 is 20.8 Å². The highest BCUT2D eigenvalue weighted by Gasteiger charge is 2.16. The van der Waals surface area contributed by atoms with E-state index >= 15 is 0 Å².